The van der Waals surface area contributed by atoms with Crippen LogP contribution in [0.1, 0.15) is 66.9 Å². The van der Waals surface area contributed by atoms with Gasteiger partial charge in [0.15, 0.2) is 0 Å². The average Bonchev–Trinajstić information content (AvgIpc) is 3.66. The number of carbonyl (C=O) groups is 1. The van der Waals surface area contributed by atoms with Gasteiger partial charge in [-0.05, 0) is 97.9 Å². The number of hydrogen-bond acceptors (Lipinski definition) is 4. The Bertz CT molecular complexity index is 1210. The summed E-state index contributed by atoms with van der Waals surface area (Å²) in [7, 11) is 1.98. The summed E-state index contributed by atoms with van der Waals surface area (Å²) in [5.74, 6) is 2.17. The molecular weight excluding hydrogens is 450 g/mol. The standard InChI is InChI=1S/C30H37N3O3/c1-19-17-29-10-7-25(31(2)28(35)21-8-12-33(36)13-9-21)27(19)30(29)11-14-32(18-20-3-4-20)26(29)15-22-5-6-23(34)16-24(22)30/h5-6,8-9,12-13,16,19-20,25-27H,3-4,7,10-11,14-15,17-18H2,1-2H3,(H-,34,35,36)/p+1/t19-,25?,26?,27?,29?,30?/m0/s1. The fourth-order valence-corrected chi connectivity index (χ4v) is 9.63. The lowest BCUT2D eigenvalue weighted by molar-refractivity contribution is -0.904. The molecular formula is C30H38N3O3+. The maximum Gasteiger partial charge on any atom is 0.254 e. The lowest BCUT2D eigenvalue weighted by atomic mass is 9.43. The van der Waals surface area contributed by atoms with Crippen molar-refractivity contribution in [2.75, 3.05) is 20.1 Å². The molecule has 6 nitrogen and oxygen atoms in total. The normalized spacial score (nSPS) is 36.7. The Balaban J connectivity index is 1.33. The van der Waals surface area contributed by atoms with E-state index >= 15 is 0 Å². The van der Waals surface area contributed by atoms with E-state index in [9.17, 15) is 15.1 Å². The van der Waals surface area contributed by atoms with E-state index in [0.29, 0.717) is 29.2 Å². The molecule has 7 rings (SSSR count). The SMILES string of the molecule is C[C@H]1CC23CCC(N(C)C(=O)c4cc[n+](O)cc4)C1C21CCN(CC2CC2)C3Cc2ccc(O)cc21. The van der Waals surface area contributed by atoms with Gasteiger partial charge in [-0.25, -0.2) is 0 Å². The smallest absolute Gasteiger partial charge is 0.254 e. The first-order chi connectivity index (χ1) is 17.3. The van der Waals surface area contributed by atoms with Gasteiger partial charge in [0.2, 0.25) is 12.4 Å². The first-order valence-corrected chi connectivity index (χ1v) is 13.9. The van der Waals surface area contributed by atoms with Crippen LogP contribution < -0.4 is 4.73 Å². The molecule has 36 heavy (non-hydrogen) atoms. The van der Waals surface area contributed by atoms with Crippen molar-refractivity contribution in [2.45, 2.75) is 69.4 Å². The van der Waals surface area contributed by atoms with Crippen LogP contribution in [0.3, 0.4) is 0 Å². The molecule has 6 atom stereocenters. The van der Waals surface area contributed by atoms with Crippen LogP contribution >= 0.6 is 0 Å². The molecule has 1 aliphatic heterocycles. The predicted molar refractivity (Wildman–Crippen MR) is 135 cm³/mol. The van der Waals surface area contributed by atoms with Gasteiger partial charge < -0.3 is 10.0 Å². The summed E-state index contributed by atoms with van der Waals surface area (Å²) in [6.45, 7) is 4.80. The van der Waals surface area contributed by atoms with E-state index in [1.165, 1.54) is 49.3 Å². The van der Waals surface area contributed by atoms with Crippen LogP contribution in [0.5, 0.6) is 5.75 Å². The minimum absolute atomic E-state index is 0.00568. The number of aromatic nitrogens is 1. The number of fused-ring (bicyclic) bond motifs is 1. The molecule has 0 radical (unpaired) electrons. The van der Waals surface area contributed by atoms with E-state index in [0.717, 1.165) is 42.9 Å². The van der Waals surface area contributed by atoms with Crippen molar-refractivity contribution in [2.24, 2.45) is 23.2 Å². The zero-order valence-corrected chi connectivity index (χ0v) is 21.4. The third kappa shape index (κ3) is 2.94. The molecule has 190 valence electrons. The molecule has 2 aromatic rings. The van der Waals surface area contributed by atoms with Crippen molar-refractivity contribution in [3.8, 4) is 5.75 Å². The van der Waals surface area contributed by atoms with Crippen LogP contribution in [0.15, 0.2) is 42.7 Å². The first-order valence-electron chi connectivity index (χ1n) is 13.9. The number of rotatable bonds is 4. The third-order valence-corrected chi connectivity index (χ3v) is 11.0. The second-order valence-electron chi connectivity index (χ2n) is 12.6. The van der Waals surface area contributed by atoms with Crippen molar-refractivity contribution >= 4 is 5.91 Å². The topological polar surface area (TPSA) is 67.9 Å². The van der Waals surface area contributed by atoms with Crippen LogP contribution in [0.25, 0.3) is 0 Å². The predicted octanol–water partition coefficient (Wildman–Crippen LogP) is 3.77. The minimum atomic E-state index is 0.00568. The number of likely N-dealkylation sites (tertiary alicyclic amines) is 1. The molecule has 5 aliphatic rings. The fourth-order valence-electron chi connectivity index (χ4n) is 9.63. The van der Waals surface area contributed by atoms with E-state index < -0.39 is 0 Å². The second kappa shape index (κ2) is 7.70. The summed E-state index contributed by atoms with van der Waals surface area (Å²) in [6.07, 6.45) is 11.4. The van der Waals surface area contributed by atoms with E-state index in [1.807, 2.05) is 18.0 Å². The number of piperidine rings is 1. The lowest BCUT2D eigenvalue weighted by Gasteiger charge is -2.67. The average molecular weight is 489 g/mol. The van der Waals surface area contributed by atoms with Crippen molar-refractivity contribution in [1.82, 2.24) is 9.80 Å². The van der Waals surface area contributed by atoms with E-state index in [2.05, 4.69) is 24.0 Å². The summed E-state index contributed by atoms with van der Waals surface area (Å²) in [6, 6.07) is 10.3. The highest BCUT2D eigenvalue weighted by Gasteiger charge is 2.73. The monoisotopic (exact) mass is 488 g/mol. The van der Waals surface area contributed by atoms with Crippen LogP contribution in [0.2, 0.25) is 0 Å². The minimum Gasteiger partial charge on any atom is -0.508 e. The van der Waals surface area contributed by atoms with Crippen LogP contribution in [-0.2, 0) is 11.8 Å². The summed E-state index contributed by atoms with van der Waals surface area (Å²) in [5, 5.41) is 20.3. The Morgan fingerprint density at radius 1 is 1.17 bits per heavy atom. The number of aromatic hydroxyl groups is 1. The van der Waals surface area contributed by atoms with Gasteiger partial charge in [0.05, 0.1) is 5.56 Å². The Hall–Kier alpha value is -2.60. The third-order valence-electron chi connectivity index (χ3n) is 11.0. The lowest BCUT2D eigenvalue weighted by Crippen LogP contribution is -2.70. The number of carbonyl (C=O) groups excluding carboxylic acids is 1. The van der Waals surface area contributed by atoms with Gasteiger partial charge in [-0.3, -0.25) is 14.9 Å². The molecule has 4 fully saturated rings. The highest BCUT2D eigenvalue weighted by atomic mass is 16.5. The number of pyridine rings is 1. The Morgan fingerprint density at radius 2 is 1.94 bits per heavy atom. The van der Waals surface area contributed by atoms with Crippen LogP contribution in [0.4, 0.5) is 0 Å². The van der Waals surface area contributed by atoms with E-state index in [1.54, 1.807) is 12.1 Å². The van der Waals surface area contributed by atoms with Gasteiger partial charge in [-0.15, -0.1) is 0 Å². The second-order valence-corrected chi connectivity index (χ2v) is 12.6. The quantitative estimate of drug-likeness (QED) is 0.508. The molecule has 1 amide bonds. The Labute approximate surface area is 213 Å². The number of hydrogen-bond donors (Lipinski definition) is 2. The van der Waals surface area contributed by atoms with Gasteiger partial charge in [-0.1, -0.05) is 13.0 Å². The zero-order chi connectivity index (χ0) is 24.8. The molecule has 2 heterocycles. The maximum atomic E-state index is 13.6. The highest BCUT2D eigenvalue weighted by molar-refractivity contribution is 5.94. The highest BCUT2D eigenvalue weighted by Crippen LogP contribution is 2.74. The molecule has 1 aromatic carbocycles. The maximum absolute atomic E-state index is 13.6. The molecule has 0 spiro atoms. The van der Waals surface area contributed by atoms with Gasteiger partial charge in [0, 0.05) is 48.0 Å². The van der Waals surface area contributed by atoms with Gasteiger partial charge in [0.1, 0.15) is 5.75 Å². The largest absolute Gasteiger partial charge is 0.508 e. The van der Waals surface area contributed by atoms with E-state index in [4.69, 9.17) is 0 Å². The molecule has 1 saturated heterocycles. The summed E-state index contributed by atoms with van der Waals surface area (Å²) in [5.41, 5.74) is 3.64. The molecule has 4 bridgehead atoms. The molecule has 1 aromatic heterocycles. The number of phenols is 1. The number of amides is 1. The van der Waals surface area contributed by atoms with Gasteiger partial charge in [0.25, 0.3) is 5.91 Å². The summed E-state index contributed by atoms with van der Waals surface area (Å²) in [4.78, 5) is 18.5. The molecule has 2 N–H and O–H groups in total. The number of benzene rings is 1. The molecule has 6 heteroatoms. The van der Waals surface area contributed by atoms with E-state index in [-0.39, 0.29) is 22.8 Å². The number of nitrogens with zero attached hydrogens (tertiary/aromatic N) is 3. The first kappa shape index (κ1) is 22.6. The molecule has 3 saturated carbocycles. The Kier molecular flexibility index (Phi) is 4.83. The van der Waals surface area contributed by atoms with Gasteiger partial charge in [-0.2, -0.15) is 0 Å². The van der Waals surface area contributed by atoms with Crippen LogP contribution in [0, 0.1) is 23.2 Å². The molecule has 5 unspecified atom stereocenters. The Morgan fingerprint density at radius 3 is 2.69 bits per heavy atom. The summed E-state index contributed by atoms with van der Waals surface area (Å²) >= 11 is 0. The van der Waals surface area contributed by atoms with Crippen molar-refractivity contribution in [1.29, 1.82) is 0 Å². The zero-order valence-electron chi connectivity index (χ0n) is 21.4. The van der Waals surface area contributed by atoms with Crippen molar-refractivity contribution in [3.05, 3.63) is 59.4 Å². The number of phenolic OH excluding ortho intramolecular Hbond substituents is 1. The van der Waals surface area contributed by atoms with Crippen molar-refractivity contribution < 1.29 is 19.8 Å². The molecule has 4 aliphatic carbocycles. The van der Waals surface area contributed by atoms with Crippen LogP contribution in [-0.4, -0.2) is 58.2 Å². The summed E-state index contributed by atoms with van der Waals surface area (Å²) < 4.78 is 0.977. The van der Waals surface area contributed by atoms with Gasteiger partial charge >= 0.3 is 0 Å². The fraction of sp³-hybridized carbons (Fsp3) is 0.600. The van der Waals surface area contributed by atoms with Crippen molar-refractivity contribution in [3.63, 3.8) is 0 Å².